The summed E-state index contributed by atoms with van der Waals surface area (Å²) in [7, 11) is 0. The molecule has 0 unspecified atom stereocenters. The van der Waals surface area contributed by atoms with E-state index in [2.05, 4.69) is 29.1 Å². The molecule has 19 heavy (non-hydrogen) atoms. The fraction of sp³-hybridized carbons (Fsp3) is 0.467. The Hall–Kier alpha value is -1.35. The summed E-state index contributed by atoms with van der Waals surface area (Å²) in [4.78, 5) is 9.27. The monoisotopic (exact) mass is 277 g/mol. The lowest BCUT2D eigenvalue weighted by Crippen LogP contribution is -2.39. The number of benzene rings is 1. The molecule has 0 aliphatic rings. The van der Waals surface area contributed by atoms with Crippen LogP contribution >= 0.6 is 11.6 Å². The number of halogens is 1. The van der Waals surface area contributed by atoms with Gasteiger partial charge in [0, 0.05) is 5.88 Å². The number of anilines is 1. The zero-order valence-electron chi connectivity index (χ0n) is 11.7. The van der Waals surface area contributed by atoms with Gasteiger partial charge in [0.15, 0.2) is 0 Å². The minimum atomic E-state index is -0.108. The predicted molar refractivity (Wildman–Crippen MR) is 81.9 cm³/mol. The Kier molecular flexibility index (Phi) is 4.25. The normalized spacial score (nSPS) is 11.8. The first kappa shape index (κ1) is 14.1. The van der Waals surface area contributed by atoms with E-state index in [1.807, 2.05) is 31.2 Å². The topological polar surface area (TPSA) is 37.8 Å². The number of rotatable bonds is 5. The molecular formula is C15H20ClN3. The lowest BCUT2D eigenvalue weighted by atomic mass is 9.95. The van der Waals surface area contributed by atoms with Gasteiger partial charge in [0.05, 0.1) is 22.3 Å². The van der Waals surface area contributed by atoms with Gasteiger partial charge in [-0.3, -0.25) is 0 Å². The third kappa shape index (κ3) is 2.81. The van der Waals surface area contributed by atoms with Crippen LogP contribution < -0.4 is 5.32 Å². The number of nitrogens with zero attached hydrogens (tertiary/aromatic N) is 2. The van der Waals surface area contributed by atoms with Crippen molar-refractivity contribution in [2.45, 2.75) is 39.2 Å². The maximum absolute atomic E-state index is 6.13. The number of para-hydroxylation sites is 2. The van der Waals surface area contributed by atoms with E-state index in [4.69, 9.17) is 11.6 Å². The van der Waals surface area contributed by atoms with Crippen LogP contribution in [-0.2, 0) is 0 Å². The molecule has 0 aliphatic heterocycles. The molecule has 0 fully saturated rings. The third-order valence-electron chi connectivity index (χ3n) is 3.74. The smallest absolute Gasteiger partial charge is 0.148 e. The van der Waals surface area contributed by atoms with Crippen molar-refractivity contribution in [3.05, 3.63) is 30.0 Å². The van der Waals surface area contributed by atoms with Crippen LogP contribution in [0.15, 0.2) is 24.3 Å². The van der Waals surface area contributed by atoms with E-state index in [1.54, 1.807) is 0 Å². The standard InChI is InChI=1S/C15H20ClN3/c1-4-15(5-2,10-16)19-14-11(3)17-12-8-6-7-9-13(12)18-14/h6-9H,4-5,10H2,1-3H3,(H,18,19). The molecule has 0 saturated heterocycles. The van der Waals surface area contributed by atoms with Crippen molar-refractivity contribution in [3.8, 4) is 0 Å². The largest absolute Gasteiger partial charge is 0.362 e. The van der Waals surface area contributed by atoms with Gasteiger partial charge in [0.1, 0.15) is 5.82 Å². The van der Waals surface area contributed by atoms with Crippen molar-refractivity contribution < 1.29 is 0 Å². The molecule has 0 radical (unpaired) electrons. The van der Waals surface area contributed by atoms with E-state index in [0.717, 1.165) is 35.4 Å². The molecule has 4 heteroatoms. The summed E-state index contributed by atoms with van der Waals surface area (Å²) in [6.45, 7) is 6.26. The molecule has 1 heterocycles. The van der Waals surface area contributed by atoms with Crippen molar-refractivity contribution in [2.75, 3.05) is 11.2 Å². The fourth-order valence-corrected chi connectivity index (χ4v) is 2.55. The summed E-state index contributed by atoms with van der Waals surface area (Å²) in [6, 6.07) is 7.91. The number of fused-ring (bicyclic) bond motifs is 1. The van der Waals surface area contributed by atoms with Crippen molar-refractivity contribution in [1.82, 2.24) is 9.97 Å². The van der Waals surface area contributed by atoms with Crippen LogP contribution in [0.5, 0.6) is 0 Å². The lowest BCUT2D eigenvalue weighted by molar-refractivity contribution is 0.482. The van der Waals surface area contributed by atoms with Crippen LogP contribution in [0.4, 0.5) is 5.82 Å². The van der Waals surface area contributed by atoms with Crippen LogP contribution in [0.1, 0.15) is 32.4 Å². The average Bonchev–Trinajstić information content (AvgIpc) is 2.45. The molecule has 1 aromatic heterocycles. The zero-order valence-corrected chi connectivity index (χ0v) is 12.5. The maximum atomic E-state index is 6.13. The van der Waals surface area contributed by atoms with Gasteiger partial charge in [-0.05, 0) is 31.9 Å². The van der Waals surface area contributed by atoms with Crippen molar-refractivity contribution in [3.63, 3.8) is 0 Å². The summed E-state index contributed by atoms with van der Waals surface area (Å²) in [5.41, 5.74) is 2.64. The molecular weight excluding hydrogens is 258 g/mol. The molecule has 102 valence electrons. The minimum Gasteiger partial charge on any atom is -0.362 e. The third-order valence-corrected chi connectivity index (χ3v) is 4.25. The van der Waals surface area contributed by atoms with Crippen molar-refractivity contribution in [1.29, 1.82) is 0 Å². The number of alkyl halides is 1. The summed E-state index contributed by atoms with van der Waals surface area (Å²) < 4.78 is 0. The molecule has 1 N–H and O–H groups in total. The Bertz CT molecular complexity index is 556. The number of aryl methyl sites for hydroxylation is 1. The second-order valence-corrected chi connectivity index (χ2v) is 5.16. The summed E-state index contributed by atoms with van der Waals surface area (Å²) in [6.07, 6.45) is 1.92. The van der Waals surface area contributed by atoms with Gasteiger partial charge in [-0.2, -0.15) is 0 Å². The highest BCUT2D eigenvalue weighted by Crippen LogP contribution is 2.25. The molecule has 1 aromatic carbocycles. The van der Waals surface area contributed by atoms with Gasteiger partial charge in [0.2, 0.25) is 0 Å². The minimum absolute atomic E-state index is 0.108. The zero-order chi connectivity index (χ0) is 13.9. The first-order valence-corrected chi connectivity index (χ1v) is 7.25. The van der Waals surface area contributed by atoms with E-state index >= 15 is 0 Å². The van der Waals surface area contributed by atoms with Crippen LogP contribution in [0.25, 0.3) is 11.0 Å². The number of nitrogens with one attached hydrogen (secondary N) is 1. The highest BCUT2D eigenvalue weighted by molar-refractivity contribution is 6.18. The van der Waals surface area contributed by atoms with Crippen LogP contribution in [0.3, 0.4) is 0 Å². The number of hydrogen-bond acceptors (Lipinski definition) is 3. The van der Waals surface area contributed by atoms with Gasteiger partial charge in [-0.25, -0.2) is 9.97 Å². The molecule has 0 spiro atoms. The molecule has 0 amide bonds. The fourth-order valence-electron chi connectivity index (χ4n) is 2.11. The SMILES string of the molecule is CCC(CC)(CCl)Nc1nc2ccccc2nc1C. The lowest BCUT2D eigenvalue weighted by Gasteiger charge is -2.31. The second kappa shape index (κ2) is 5.74. The van der Waals surface area contributed by atoms with Gasteiger partial charge in [-0.1, -0.05) is 26.0 Å². The molecule has 0 bridgehead atoms. The summed E-state index contributed by atoms with van der Waals surface area (Å²) >= 11 is 6.13. The molecule has 0 atom stereocenters. The van der Waals surface area contributed by atoms with E-state index in [1.165, 1.54) is 0 Å². The van der Waals surface area contributed by atoms with E-state index in [-0.39, 0.29) is 5.54 Å². The second-order valence-electron chi connectivity index (χ2n) is 4.89. The first-order chi connectivity index (χ1) is 9.14. The van der Waals surface area contributed by atoms with Crippen LogP contribution in [0.2, 0.25) is 0 Å². The Labute approximate surface area is 119 Å². The van der Waals surface area contributed by atoms with Gasteiger partial charge < -0.3 is 5.32 Å². The van der Waals surface area contributed by atoms with E-state index in [9.17, 15) is 0 Å². The van der Waals surface area contributed by atoms with E-state index in [0.29, 0.717) is 5.88 Å². The molecule has 0 aliphatic carbocycles. The Morgan fingerprint density at radius 3 is 2.21 bits per heavy atom. The molecule has 3 nitrogen and oxygen atoms in total. The highest BCUT2D eigenvalue weighted by Gasteiger charge is 2.26. The van der Waals surface area contributed by atoms with Crippen LogP contribution in [-0.4, -0.2) is 21.4 Å². The Balaban J connectivity index is 2.42. The summed E-state index contributed by atoms with van der Waals surface area (Å²) in [5.74, 6) is 1.40. The maximum Gasteiger partial charge on any atom is 0.148 e. The predicted octanol–water partition coefficient (Wildman–Crippen LogP) is 4.15. The average molecular weight is 278 g/mol. The highest BCUT2D eigenvalue weighted by atomic mass is 35.5. The Morgan fingerprint density at radius 2 is 1.68 bits per heavy atom. The van der Waals surface area contributed by atoms with Crippen LogP contribution in [0, 0.1) is 6.92 Å². The quantitative estimate of drug-likeness (QED) is 0.835. The number of aromatic nitrogens is 2. The molecule has 2 rings (SSSR count). The van der Waals surface area contributed by atoms with Crippen molar-refractivity contribution >= 4 is 28.5 Å². The van der Waals surface area contributed by atoms with Crippen molar-refractivity contribution in [2.24, 2.45) is 0 Å². The van der Waals surface area contributed by atoms with Gasteiger partial charge in [-0.15, -0.1) is 11.6 Å². The van der Waals surface area contributed by atoms with E-state index < -0.39 is 0 Å². The Morgan fingerprint density at radius 1 is 1.11 bits per heavy atom. The van der Waals surface area contributed by atoms with Gasteiger partial charge >= 0.3 is 0 Å². The summed E-state index contributed by atoms with van der Waals surface area (Å²) in [5, 5.41) is 3.50. The number of hydrogen-bond donors (Lipinski definition) is 1. The molecule has 0 saturated carbocycles. The van der Waals surface area contributed by atoms with Gasteiger partial charge in [0.25, 0.3) is 0 Å². The first-order valence-electron chi connectivity index (χ1n) is 6.71. The molecule has 2 aromatic rings.